The number of hydrogen-bond donors (Lipinski definition) is 6. The molecule has 178 valence electrons. The molecule has 11 nitrogen and oxygen atoms in total. The molecule has 0 rings (SSSR count). The molecule has 8 N–H and O–H groups in total. The van der Waals surface area contributed by atoms with Crippen molar-refractivity contribution in [1.82, 2.24) is 16.0 Å². The molecule has 0 aromatic carbocycles. The highest BCUT2D eigenvalue weighted by Crippen LogP contribution is 2.08. The maximum Gasteiger partial charge on any atom is 0.326 e. The number of carbonyl (C=O) groups is 5. The van der Waals surface area contributed by atoms with E-state index in [9.17, 15) is 29.1 Å². The van der Waals surface area contributed by atoms with Crippen LogP contribution in [0.2, 0.25) is 0 Å². The van der Waals surface area contributed by atoms with Crippen molar-refractivity contribution in [1.29, 1.82) is 0 Å². The molecule has 0 heterocycles. The summed E-state index contributed by atoms with van der Waals surface area (Å²) in [7, 11) is 0. The molecule has 0 saturated heterocycles. The lowest BCUT2D eigenvalue weighted by atomic mass is 9.99. The SMILES string of the molecule is CC[C@H](C)[C@H](NC(=O)[C@H](C)NC(=O)[C@H](CCSC)NC(=O)[C@@H](N)CCC(N)=O)C(=O)O. The highest BCUT2D eigenvalue weighted by Gasteiger charge is 2.30. The van der Waals surface area contributed by atoms with Crippen molar-refractivity contribution in [2.75, 3.05) is 12.0 Å². The van der Waals surface area contributed by atoms with Crippen LogP contribution in [0.5, 0.6) is 0 Å². The molecular weight excluding hydrogens is 426 g/mol. The number of aliphatic carboxylic acids is 1. The molecule has 0 aliphatic rings. The predicted octanol–water partition coefficient (Wildman–Crippen LogP) is -1.06. The molecule has 0 aliphatic heterocycles. The van der Waals surface area contributed by atoms with Gasteiger partial charge in [0, 0.05) is 6.42 Å². The second-order valence-corrected chi connectivity index (χ2v) is 8.38. The lowest BCUT2D eigenvalue weighted by Gasteiger charge is -2.25. The fourth-order valence-corrected chi connectivity index (χ4v) is 3.02. The summed E-state index contributed by atoms with van der Waals surface area (Å²) in [6, 6.07) is -4.05. The molecular formula is C19H35N5O6S. The summed E-state index contributed by atoms with van der Waals surface area (Å²) in [4.78, 5) is 59.5. The number of carboxylic acid groups (broad SMARTS) is 1. The van der Waals surface area contributed by atoms with Gasteiger partial charge in [-0.05, 0) is 37.7 Å². The van der Waals surface area contributed by atoms with E-state index in [0.29, 0.717) is 18.6 Å². The molecule has 0 aromatic heterocycles. The van der Waals surface area contributed by atoms with Crippen LogP contribution in [0, 0.1) is 5.92 Å². The number of hydrogen-bond acceptors (Lipinski definition) is 7. The Morgan fingerprint density at radius 3 is 2.06 bits per heavy atom. The third-order valence-electron chi connectivity index (χ3n) is 4.81. The van der Waals surface area contributed by atoms with Gasteiger partial charge >= 0.3 is 5.97 Å². The Morgan fingerprint density at radius 2 is 1.58 bits per heavy atom. The van der Waals surface area contributed by atoms with E-state index in [-0.39, 0.29) is 18.8 Å². The van der Waals surface area contributed by atoms with Gasteiger partial charge in [-0.15, -0.1) is 0 Å². The zero-order valence-electron chi connectivity index (χ0n) is 18.5. The number of carbonyl (C=O) groups excluding carboxylic acids is 4. The monoisotopic (exact) mass is 461 g/mol. The number of thioether (sulfide) groups is 1. The Kier molecular flexibility index (Phi) is 13.5. The third-order valence-corrected chi connectivity index (χ3v) is 5.45. The van der Waals surface area contributed by atoms with Crippen LogP contribution in [0.1, 0.15) is 46.5 Å². The molecule has 0 fully saturated rings. The first-order chi connectivity index (χ1) is 14.4. The molecule has 0 aromatic rings. The van der Waals surface area contributed by atoms with Crippen molar-refractivity contribution >= 4 is 41.4 Å². The molecule has 0 unspecified atom stereocenters. The van der Waals surface area contributed by atoms with Crippen LogP contribution in [0.3, 0.4) is 0 Å². The highest BCUT2D eigenvalue weighted by molar-refractivity contribution is 7.98. The van der Waals surface area contributed by atoms with E-state index in [1.807, 2.05) is 13.2 Å². The minimum absolute atomic E-state index is 0.0447. The summed E-state index contributed by atoms with van der Waals surface area (Å²) < 4.78 is 0. The maximum absolute atomic E-state index is 12.7. The number of amides is 4. The zero-order chi connectivity index (χ0) is 24.1. The van der Waals surface area contributed by atoms with Crippen molar-refractivity contribution in [2.45, 2.75) is 70.6 Å². The van der Waals surface area contributed by atoms with Crippen molar-refractivity contribution < 1.29 is 29.1 Å². The number of nitrogens with two attached hydrogens (primary N) is 2. The quantitative estimate of drug-likeness (QED) is 0.177. The van der Waals surface area contributed by atoms with Gasteiger partial charge in [0.05, 0.1) is 6.04 Å². The molecule has 31 heavy (non-hydrogen) atoms. The summed E-state index contributed by atoms with van der Waals surface area (Å²) in [6.45, 7) is 4.94. The van der Waals surface area contributed by atoms with Gasteiger partial charge in [0.1, 0.15) is 18.1 Å². The first-order valence-electron chi connectivity index (χ1n) is 10.1. The molecule has 12 heteroatoms. The van der Waals surface area contributed by atoms with Crippen molar-refractivity contribution in [3.63, 3.8) is 0 Å². The maximum atomic E-state index is 12.7. The predicted molar refractivity (Wildman–Crippen MR) is 118 cm³/mol. The number of rotatable bonds is 15. The number of carboxylic acids is 1. The minimum atomic E-state index is -1.16. The Hall–Kier alpha value is -2.34. The number of primary amides is 1. The average molecular weight is 462 g/mol. The topological polar surface area (TPSA) is 194 Å². The van der Waals surface area contributed by atoms with Crippen LogP contribution in [0.15, 0.2) is 0 Å². The summed E-state index contributed by atoms with van der Waals surface area (Å²) in [5.74, 6) is -3.32. The lowest BCUT2D eigenvalue weighted by Crippen LogP contribution is -2.57. The van der Waals surface area contributed by atoms with Gasteiger partial charge in [-0.3, -0.25) is 19.2 Å². The standard InChI is InChI=1S/C19H35N5O6S/c1-5-10(2)15(19(29)30)24-16(26)11(3)22-18(28)13(8-9-31-4)23-17(27)12(20)6-7-14(21)25/h10-13,15H,5-9,20H2,1-4H3,(H2,21,25)(H,22,28)(H,23,27)(H,24,26)(H,29,30)/t10-,11-,12-,13-,15-/m0/s1. The number of nitrogens with one attached hydrogen (secondary N) is 3. The molecule has 0 aliphatic carbocycles. The van der Waals surface area contributed by atoms with E-state index in [1.54, 1.807) is 6.92 Å². The molecule has 0 radical (unpaired) electrons. The molecule has 0 spiro atoms. The summed E-state index contributed by atoms with van der Waals surface area (Å²) in [6.07, 6.45) is 2.67. The molecule has 4 amide bonds. The van der Waals surface area contributed by atoms with E-state index in [1.165, 1.54) is 18.7 Å². The lowest BCUT2D eigenvalue weighted by molar-refractivity contribution is -0.143. The van der Waals surface area contributed by atoms with Crippen LogP contribution < -0.4 is 27.4 Å². The van der Waals surface area contributed by atoms with Crippen molar-refractivity contribution in [3.8, 4) is 0 Å². The van der Waals surface area contributed by atoms with Gasteiger partial charge in [-0.2, -0.15) is 11.8 Å². The third kappa shape index (κ3) is 11.0. The fourth-order valence-electron chi connectivity index (χ4n) is 2.55. The minimum Gasteiger partial charge on any atom is -0.480 e. The Labute approximate surface area is 186 Å². The van der Waals surface area contributed by atoms with Crippen LogP contribution in [0.4, 0.5) is 0 Å². The molecule has 0 saturated carbocycles. The van der Waals surface area contributed by atoms with E-state index in [0.717, 1.165) is 0 Å². The van der Waals surface area contributed by atoms with Gasteiger partial charge in [-0.1, -0.05) is 20.3 Å². The van der Waals surface area contributed by atoms with E-state index >= 15 is 0 Å². The van der Waals surface area contributed by atoms with E-state index in [4.69, 9.17) is 11.5 Å². The van der Waals surface area contributed by atoms with Crippen molar-refractivity contribution in [2.24, 2.45) is 17.4 Å². The van der Waals surface area contributed by atoms with Crippen LogP contribution in [0.25, 0.3) is 0 Å². The Balaban J connectivity index is 5.04. The van der Waals surface area contributed by atoms with Gasteiger partial charge in [0.25, 0.3) is 0 Å². The van der Waals surface area contributed by atoms with Crippen LogP contribution in [-0.2, 0) is 24.0 Å². The van der Waals surface area contributed by atoms with Gasteiger partial charge < -0.3 is 32.5 Å². The van der Waals surface area contributed by atoms with Crippen molar-refractivity contribution in [3.05, 3.63) is 0 Å². The average Bonchev–Trinajstić information content (AvgIpc) is 2.71. The Morgan fingerprint density at radius 1 is 0.968 bits per heavy atom. The first kappa shape index (κ1) is 28.7. The summed E-state index contributed by atoms with van der Waals surface area (Å²) in [5, 5.41) is 16.8. The second-order valence-electron chi connectivity index (χ2n) is 7.39. The fraction of sp³-hybridized carbons (Fsp3) is 0.737. The van der Waals surface area contributed by atoms with Crippen LogP contribution >= 0.6 is 11.8 Å². The van der Waals surface area contributed by atoms with Gasteiger partial charge in [-0.25, -0.2) is 4.79 Å². The summed E-state index contributed by atoms with van der Waals surface area (Å²) in [5.41, 5.74) is 10.8. The molecule has 5 atom stereocenters. The van der Waals surface area contributed by atoms with Crippen LogP contribution in [-0.4, -0.2) is 70.9 Å². The zero-order valence-corrected chi connectivity index (χ0v) is 19.3. The van der Waals surface area contributed by atoms with Gasteiger partial charge in [0.2, 0.25) is 23.6 Å². The Bertz CT molecular complexity index is 647. The summed E-state index contributed by atoms with van der Waals surface area (Å²) >= 11 is 1.47. The molecule has 0 bridgehead atoms. The van der Waals surface area contributed by atoms with E-state index < -0.39 is 53.8 Å². The first-order valence-corrected chi connectivity index (χ1v) is 11.5. The highest BCUT2D eigenvalue weighted by atomic mass is 32.2. The largest absolute Gasteiger partial charge is 0.480 e. The normalized spacial score (nSPS) is 15.6. The van der Waals surface area contributed by atoms with E-state index in [2.05, 4.69) is 16.0 Å². The second kappa shape index (κ2) is 14.6. The smallest absolute Gasteiger partial charge is 0.326 e. The van der Waals surface area contributed by atoms with Gasteiger partial charge in [0.15, 0.2) is 0 Å².